The number of hydrogen-bond donors (Lipinski definition) is 4. The monoisotopic (exact) mass is 542 g/mol. The van der Waals surface area contributed by atoms with Gasteiger partial charge in [0.05, 0.1) is 11.3 Å². The van der Waals surface area contributed by atoms with Crippen molar-refractivity contribution in [2.75, 3.05) is 26.2 Å². The van der Waals surface area contributed by atoms with Crippen molar-refractivity contribution in [3.05, 3.63) is 83.6 Å². The molecule has 2 aliphatic rings. The highest BCUT2D eigenvalue weighted by Gasteiger charge is 2.28. The first-order chi connectivity index (χ1) is 19.4. The standard InChI is InChI=1S/C32H42N6O2/c1-3-35-32(37-26-19-21-38(22-26)29(39)14-9-20-36-25-10-7-8-11-25)30(23(2)33)31(34)24-15-17-28(18-16-24)40-27-12-5-4-6-13-27/h4-6,9,12-18,25-26,34,36H,3,7-8,10-11,19-22,33H2,1-2H3,(H,35,37)/b14-9+,30-23+,34-31?. The highest BCUT2D eigenvalue weighted by Crippen LogP contribution is 2.23. The van der Waals surface area contributed by atoms with Gasteiger partial charge in [0, 0.05) is 55.6 Å². The molecule has 5 N–H and O–H groups in total. The van der Waals surface area contributed by atoms with Crippen molar-refractivity contribution in [3.8, 4) is 11.5 Å². The molecule has 1 amide bonds. The van der Waals surface area contributed by atoms with Gasteiger partial charge in [-0.15, -0.1) is 0 Å². The summed E-state index contributed by atoms with van der Waals surface area (Å²) >= 11 is 0. The second kappa shape index (κ2) is 14.5. The first kappa shape index (κ1) is 29.1. The van der Waals surface area contributed by atoms with Gasteiger partial charge in [-0.2, -0.15) is 0 Å². The molecule has 1 atom stereocenters. The van der Waals surface area contributed by atoms with E-state index in [9.17, 15) is 4.79 Å². The molecule has 1 aliphatic carbocycles. The van der Waals surface area contributed by atoms with Crippen LogP contribution in [0.1, 0.15) is 51.5 Å². The van der Waals surface area contributed by atoms with E-state index < -0.39 is 0 Å². The normalized spacial score (nSPS) is 18.7. The number of benzene rings is 2. The molecule has 0 spiro atoms. The van der Waals surface area contributed by atoms with E-state index in [0.29, 0.717) is 54.1 Å². The van der Waals surface area contributed by atoms with Crippen LogP contribution in [0.25, 0.3) is 0 Å². The second-order valence-electron chi connectivity index (χ2n) is 10.4. The van der Waals surface area contributed by atoms with Gasteiger partial charge in [0.1, 0.15) is 17.3 Å². The Morgan fingerprint density at radius 3 is 2.45 bits per heavy atom. The number of nitrogens with one attached hydrogen (secondary N) is 3. The number of amidine groups is 1. The second-order valence-corrected chi connectivity index (χ2v) is 10.4. The van der Waals surface area contributed by atoms with Crippen LogP contribution < -0.4 is 21.1 Å². The summed E-state index contributed by atoms with van der Waals surface area (Å²) in [6, 6.07) is 17.6. The van der Waals surface area contributed by atoms with Crippen LogP contribution in [-0.4, -0.2) is 60.6 Å². The smallest absolute Gasteiger partial charge is 0.246 e. The summed E-state index contributed by atoms with van der Waals surface area (Å²) in [5, 5.41) is 16.0. The molecule has 1 saturated carbocycles. The fourth-order valence-electron chi connectivity index (χ4n) is 5.22. The lowest BCUT2D eigenvalue weighted by atomic mass is 9.99. The minimum atomic E-state index is 0.0304. The van der Waals surface area contributed by atoms with Gasteiger partial charge in [-0.3, -0.25) is 15.2 Å². The molecule has 0 aromatic heterocycles. The van der Waals surface area contributed by atoms with Gasteiger partial charge in [-0.05, 0) is 69.5 Å². The lowest BCUT2D eigenvalue weighted by Gasteiger charge is -2.21. The number of rotatable bonds is 11. The van der Waals surface area contributed by atoms with E-state index in [2.05, 4.69) is 15.6 Å². The quantitative estimate of drug-likeness (QED) is 0.185. The van der Waals surface area contributed by atoms with Crippen LogP contribution in [0.15, 0.2) is 83.0 Å². The molecule has 212 valence electrons. The predicted octanol–water partition coefficient (Wildman–Crippen LogP) is 4.78. The zero-order valence-corrected chi connectivity index (χ0v) is 23.7. The van der Waals surface area contributed by atoms with Crippen molar-refractivity contribution < 1.29 is 9.53 Å². The maximum absolute atomic E-state index is 12.8. The molecule has 0 bridgehead atoms. The molecule has 1 aliphatic heterocycles. The number of para-hydroxylation sites is 1. The third kappa shape index (κ3) is 8.05. The zero-order valence-electron chi connectivity index (χ0n) is 23.7. The van der Waals surface area contributed by atoms with Crippen LogP contribution in [-0.2, 0) is 4.79 Å². The minimum Gasteiger partial charge on any atom is -0.457 e. The average molecular weight is 543 g/mol. The van der Waals surface area contributed by atoms with Crippen LogP contribution in [0, 0.1) is 5.41 Å². The molecule has 8 nitrogen and oxygen atoms in total. The predicted molar refractivity (Wildman–Crippen MR) is 162 cm³/mol. The van der Waals surface area contributed by atoms with Crippen LogP contribution in [0.4, 0.5) is 0 Å². The van der Waals surface area contributed by atoms with E-state index in [1.165, 1.54) is 25.7 Å². The number of nitrogens with two attached hydrogens (primary N) is 1. The Labute approximate surface area is 237 Å². The number of amides is 1. The molecular formula is C32H42N6O2. The fourth-order valence-corrected chi connectivity index (χ4v) is 5.22. The van der Waals surface area contributed by atoms with Crippen molar-refractivity contribution in [1.29, 1.82) is 5.41 Å². The van der Waals surface area contributed by atoms with Gasteiger partial charge in [0.25, 0.3) is 0 Å². The summed E-state index contributed by atoms with van der Waals surface area (Å²) in [5.74, 6) is 2.07. The number of ether oxygens (including phenoxy) is 1. The number of hydrogen-bond acceptors (Lipinski definition) is 6. The van der Waals surface area contributed by atoms with E-state index in [1.807, 2.05) is 72.5 Å². The number of carbonyl (C=O) groups is 1. The number of allylic oxidation sites excluding steroid dienone is 1. The van der Waals surface area contributed by atoms with Gasteiger partial charge in [0.15, 0.2) is 0 Å². The Bertz CT molecular complexity index is 1230. The molecular weight excluding hydrogens is 500 g/mol. The largest absolute Gasteiger partial charge is 0.457 e. The van der Waals surface area contributed by atoms with Gasteiger partial charge >= 0.3 is 0 Å². The van der Waals surface area contributed by atoms with E-state index in [-0.39, 0.29) is 17.7 Å². The van der Waals surface area contributed by atoms with Gasteiger partial charge < -0.3 is 26.0 Å². The summed E-state index contributed by atoms with van der Waals surface area (Å²) in [5.41, 5.74) is 8.40. The first-order valence-corrected chi connectivity index (χ1v) is 14.3. The fraction of sp³-hybridized carbons (Fsp3) is 0.406. The third-order valence-corrected chi connectivity index (χ3v) is 7.30. The Morgan fingerprint density at radius 2 is 1.77 bits per heavy atom. The van der Waals surface area contributed by atoms with Crippen LogP contribution in [0.3, 0.4) is 0 Å². The maximum Gasteiger partial charge on any atom is 0.246 e. The SMILES string of the molecule is CCN=C(NC1CCN(C(=O)/C=C/CNC2CCCC2)C1)/C(C(=N)c1ccc(Oc2ccccc2)cc1)=C(\C)N. The summed E-state index contributed by atoms with van der Waals surface area (Å²) in [4.78, 5) is 19.3. The van der Waals surface area contributed by atoms with E-state index in [4.69, 9.17) is 15.9 Å². The first-order valence-electron chi connectivity index (χ1n) is 14.3. The lowest BCUT2D eigenvalue weighted by molar-refractivity contribution is -0.125. The molecule has 1 saturated heterocycles. The maximum atomic E-state index is 12.8. The lowest BCUT2D eigenvalue weighted by Crippen LogP contribution is -2.41. The highest BCUT2D eigenvalue weighted by molar-refractivity contribution is 6.28. The Hall–Kier alpha value is -3.91. The van der Waals surface area contributed by atoms with E-state index in [0.717, 1.165) is 18.7 Å². The highest BCUT2D eigenvalue weighted by atomic mass is 16.5. The molecule has 1 unspecified atom stereocenters. The molecule has 2 fully saturated rings. The minimum absolute atomic E-state index is 0.0304. The van der Waals surface area contributed by atoms with Crippen LogP contribution in [0.5, 0.6) is 11.5 Å². The van der Waals surface area contributed by atoms with E-state index in [1.54, 1.807) is 13.0 Å². The molecule has 2 aromatic carbocycles. The molecule has 4 rings (SSSR count). The van der Waals surface area contributed by atoms with Gasteiger partial charge in [-0.25, -0.2) is 0 Å². The van der Waals surface area contributed by atoms with Crippen LogP contribution >= 0.6 is 0 Å². The van der Waals surface area contributed by atoms with E-state index >= 15 is 0 Å². The Kier molecular flexibility index (Phi) is 10.5. The summed E-state index contributed by atoms with van der Waals surface area (Å²) < 4.78 is 5.90. The molecule has 1 heterocycles. The van der Waals surface area contributed by atoms with Crippen molar-refractivity contribution in [2.45, 2.75) is 58.0 Å². The van der Waals surface area contributed by atoms with Gasteiger partial charge in [-0.1, -0.05) is 37.1 Å². The van der Waals surface area contributed by atoms with Gasteiger partial charge in [0.2, 0.25) is 5.91 Å². The number of carbonyl (C=O) groups excluding carboxylic acids is 1. The van der Waals surface area contributed by atoms with Crippen LogP contribution in [0.2, 0.25) is 0 Å². The molecule has 0 radical (unpaired) electrons. The summed E-state index contributed by atoms with van der Waals surface area (Å²) in [6.07, 6.45) is 9.46. The van der Waals surface area contributed by atoms with Crippen molar-refractivity contribution in [3.63, 3.8) is 0 Å². The zero-order chi connectivity index (χ0) is 28.3. The summed E-state index contributed by atoms with van der Waals surface area (Å²) in [7, 11) is 0. The molecule has 2 aromatic rings. The van der Waals surface area contributed by atoms with Crippen molar-refractivity contribution in [1.82, 2.24) is 15.5 Å². The topological polar surface area (TPSA) is 116 Å². The Morgan fingerprint density at radius 1 is 1.07 bits per heavy atom. The number of nitrogens with zero attached hydrogens (tertiary/aromatic N) is 2. The van der Waals surface area contributed by atoms with Crippen molar-refractivity contribution >= 4 is 17.5 Å². The average Bonchev–Trinajstić information content (AvgIpc) is 3.65. The molecule has 8 heteroatoms. The number of likely N-dealkylation sites (tertiary alicyclic amines) is 1. The van der Waals surface area contributed by atoms with Crippen molar-refractivity contribution in [2.24, 2.45) is 10.7 Å². The number of aliphatic imine (C=N–C) groups is 1. The third-order valence-electron chi connectivity index (χ3n) is 7.30. The summed E-state index contributed by atoms with van der Waals surface area (Å²) in [6.45, 7) is 6.28. The Balaban J connectivity index is 1.36. The molecule has 40 heavy (non-hydrogen) atoms.